The number of nitrogens with one attached hydrogen (secondary N) is 1. The third-order valence-corrected chi connectivity index (χ3v) is 4.31. The Hall–Kier alpha value is -2.88. The van der Waals surface area contributed by atoms with Crippen LogP contribution in [0.2, 0.25) is 6.32 Å². The quantitative estimate of drug-likeness (QED) is 0.278. The SMILES string of the molecule is C=CCON1C(=O)N2CC(n3cc(C(=O)NCCC[B]C=O)cn3)=CC1C2. The van der Waals surface area contributed by atoms with E-state index in [0.29, 0.717) is 37.9 Å². The molecule has 0 aromatic carbocycles. The zero-order valence-corrected chi connectivity index (χ0v) is 14.9. The van der Waals surface area contributed by atoms with Gasteiger partial charge in [0.05, 0.1) is 42.8 Å². The topological polar surface area (TPSA) is 96.8 Å². The third kappa shape index (κ3) is 4.28. The van der Waals surface area contributed by atoms with E-state index < -0.39 is 0 Å². The first kappa shape index (κ1) is 18.9. The van der Waals surface area contributed by atoms with E-state index in [1.807, 2.05) is 6.08 Å². The first-order chi connectivity index (χ1) is 13.1. The van der Waals surface area contributed by atoms with Crippen molar-refractivity contribution in [3.8, 4) is 0 Å². The molecule has 2 bridgehead atoms. The van der Waals surface area contributed by atoms with Gasteiger partial charge < -0.3 is 15.0 Å². The summed E-state index contributed by atoms with van der Waals surface area (Å²) >= 11 is 0. The number of aromatic nitrogens is 2. The van der Waals surface area contributed by atoms with E-state index >= 15 is 0 Å². The smallest absolute Gasteiger partial charge is 0.345 e. The number of nitrogens with zero attached hydrogens (tertiary/aromatic N) is 4. The van der Waals surface area contributed by atoms with Crippen molar-refractivity contribution < 1.29 is 19.2 Å². The minimum atomic E-state index is -0.223. The Morgan fingerprint density at radius 2 is 2.37 bits per heavy atom. The van der Waals surface area contributed by atoms with Crippen LogP contribution < -0.4 is 5.32 Å². The summed E-state index contributed by atoms with van der Waals surface area (Å²) < 4.78 is 1.61. The highest BCUT2D eigenvalue weighted by Crippen LogP contribution is 2.26. The van der Waals surface area contributed by atoms with Crippen LogP contribution in [0.1, 0.15) is 16.8 Å². The van der Waals surface area contributed by atoms with Crippen molar-refractivity contribution in [2.75, 3.05) is 26.2 Å². The summed E-state index contributed by atoms with van der Waals surface area (Å²) in [6.07, 6.45) is 8.73. The second-order valence-corrected chi connectivity index (χ2v) is 6.24. The maximum Gasteiger partial charge on any atom is 0.345 e. The number of hydrogen-bond acceptors (Lipinski definition) is 5. The minimum Gasteiger partial charge on any atom is -0.352 e. The molecule has 10 heteroatoms. The fraction of sp³-hybridized carbons (Fsp3) is 0.412. The maximum atomic E-state index is 12.3. The second kappa shape index (κ2) is 8.67. The summed E-state index contributed by atoms with van der Waals surface area (Å²) in [4.78, 5) is 41.8. The molecule has 1 saturated heterocycles. The van der Waals surface area contributed by atoms with E-state index in [1.54, 1.807) is 21.9 Å². The number of carbonyl (C=O) groups excluding carboxylic acids is 3. The lowest BCUT2D eigenvalue weighted by molar-refractivity contribution is -0.107. The Morgan fingerprint density at radius 1 is 1.52 bits per heavy atom. The van der Waals surface area contributed by atoms with Gasteiger partial charge >= 0.3 is 6.03 Å². The van der Waals surface area contributed by atoms with Crippen molar-refractivity contribution in [3.63, 3.8) is 0 Å². The van der Waals surface area contributed by atoms with E-state index in [-0.39, 0.29) is 24.6 Å². The van der Waals surface area contributed by atoms with E-state index in [0.717, 1.165) is 11.9 Å². The van der Waals surface area contributed by atoms with Gasteiger partial charge in [-0.2, -0.15) is 10.2 Å². The Balaban J connectivity index is 1.61. The molecule has 141 valence electrons. The number of amides is 3. The average Bonchev–Trinajstić information content (AvgIpc) is 3.25. The Labute approximate surface area is 157 Å². The molecule has 3 rings (SSSR count). The molecule has 1 aromatic heterocycles. The summed E-state index contributed by atoms with van der Waals surface area (Å²) in [5.41, 5.74) is 1.25. The van der Waals surface area contributed by atoms with Crippen LogP contribution in [0.15, 0.2) is 31.1 Å². The van der Waals surface area contributed by atoms with E-state index in [1.165, 1.54) is 18.5 Å². The highest BCUT2D eigenvalue weighted by Gasteiger charge is 2.41. The number of urea groups is 1. The van der Waals surface area contributed by atoms with Gasteiger partial charge in [-0.3, -0.25) is 9.63 Å². The summed E-state index contributed by atoms with van der Waals surface area (Å²) in [7, 11) is 1.52. The molecule has 3 amide bonds. The van der Waals surface area contributed by atoms with Gasteiger partial charge in [-0.25, -0.2) is 9.48 Å². The zero-order valence-electron chi connectivity index (χ0n) is 14.9. The van der Waals surface area contributed by atoms with Gasteiger partial charge in [0.2, 0.25) is 0 Å². The molecular formula is C17H21BN5O4. The van der Waals surface area contributed by atoms with Crippen molar-refractivity contribution in [1.82, 2.24) is 25.1 Å². The van der Waals surface area contributed by atoms with E-state index in [4.69, 9.17) is 4.84 Å². The molecule has 0 aliphatic carbocycles. The van der Waals surface area contributed by atoms with Gasteiger partial charge in [0.25, 0.3) is 5.91 Å². The molecule has 3 heterocycles. The predicted octanol–water partition coefficient (Wildman–Crippen LogP) is 0.394. The van der Waals surface area contributed by atoms with Crippen LogP contribution in [-0.4, -0.2) is 77.4 Å². The van der Waals surface area contributed by atoms with Gasteiger partial charge in [0.1, 0.15) is 0 Å². The van der Waals surface area contributed by atoms with Crippen LogP contribution in [0.25, 0.3) is 5.70 Å². The van der Waals surface area contributed by atoms with Crippen LogP contribution in [-0.2, 0) is 9.63 Å². The van der Waals surface area contributed by atoms with Gasteiger partial charge in [-0.05, 0) is 12.5 Å². The van der Waals surface area contributed by atoms with Crippen molar-refractivity contribution >= 4 is 31.1 Å². The number of rotatable bonds is 10. The van der Waals surface area contributed by atoms with Gasteiger partial charge in [-0.1, -0.05) is 12.4 Å². The Kier molecular flexibility index (Phi) is 6.07. The maximum absolute atomic E-state index is 12.3. The molecule has 9 nitrogen and oxygen atoms in total. The lowest BCUT2D eigenvalue weighted by Gasteiger charge is -2.21. The van der Waals surface area contributed by atoms with Crippen molar-refractivity contribution in [2.45, 2.75) is 18.8 Å². The highest BCUT2D eigenvalue weighted by molar-refractivity contribution is 6.66. The molecular weight excluding hydrogens is 349 g/mol. The highest BCUT2D eigenvalue weighted by atomic mass is 16.7. The molecule has 1 unspecified atom stereocenters. The van der Waals surface area contributed by atoms with Crippen LogP contribution in [0.4, 0.5) is 4.79 Å². The summed E-state index contributed by atoms with van der Waals surface area (Å²) in [5, 5.41) is 8.39. The van der Waals surface area contributed by atoms with Crippen LogP contribution in [0.3, 0.4) is 0 Å². The largest absolute Gasteiger partial charge is 0.352 e. The summed E-state index contributed by atoms with van der Waals surface area (Å²) in [5.74, 6) is -0.223. The van der Waals surface area contributed by atoms with Gasteiger partial charge in [0.15, 0.2) is 7.28 Å². The lowest BCUT2D eigenvalue weighted by Crippen LogP contribution is -2.33. The Morgan fingerprint density at radius 3 is 3.15 bits per heavy atom. The standard InChI is InChI=1S/C17H21BN5O4/c1-2-6-27-23-15-7-14(10-21(11-15)17(23)26)22-9-13(8-20-22)16(25)19-5-3-4-18-12-24/h2,7-9,12,15H,1,3-6,10-11H2,(H,19,25). The van der Waals surface area contributed by atoms with Crippen molar-refractivity contribution in [3.05, 3.63) is 36.7 Å². The lowest BCUT2D eigenvalue weighted by atomic mass is 9.76. The molecule has 1 atom stereocenters. The Bertz CT molecular complexity index is 762. The molecule has 27 heavy (non-hydrogen) atoms. The van der Waals surface area contributed by atoms with Crippen LogP contribution in [0.5, 0.6) is 0 Å². The first-order valence-electron chi connectivity index (χ1n) is 8.77. The van der Waals surface area contributed by atoms with Crippen molar-refractivity contribution in [1.29, 1.82) is 0 Å². The number of fused-ring (bicyclic) bond motifs is 2. The minimum absolute atomic E-state index is 0.189. The third-order valence-electron chi connectivity index (χ3n) is 4.31. The zero-order chi connectivity index (χ0) is 19.2. The van der Waals surface area contributed by atoms with Crippen LogP contribution >= 0.6 is 0 Å². The average molecular weight is 370 g/mol. The molecule has 1 aromatic rings. The second-order valence-electron chi connectivity index (χ2n) is 6.24. The summed E-state index contributed by atoms with van der Waals surface area (Å²) in [6.45, 7) is 5.29. The molecule has 0 saturated carbocycles. The number of hydroxylamine groups is 2. The number of hydrogen-bond donors (Lipinski definition) is 1. The van der Waals surface area contributed by atoms with Gasteiger partial charge in [-0.15, -0.1) is 6.58 Å². The predicted molar refractivity (Wildman–Crippen MR) is 99.5 cm³/mol. The number of carbonyl (C=O) groups is 3. The summed E-state index contributed by atoms with van der Waals surface area (Å²) in [6, 6.07) is -0.387. The first-order valence-corrected chi connectivity index (χ1v) is 8.77. The molecule has 0 spiro atoms. The molecule has 2 aliphatic rings. The molecule has 2 aliphatic heterocycles. The monoisotopic (exact) mass is 370 g/mol. The molecule has 1 N–H and O–H groups in total. The normalized spacial score (nSPS) is 18.3. The van der Waals surface area contributed by atoms with Gasteiger partial charge in [0, 0.05) is 19.3 Å². The molecule has 1 fully saturated rings. The van der Waals surface area contributed by atoms with E-state index in [2.05, 4.69) is 17.0 Å². The fourth-order valence-corrected chi connectivity index (χ4v) is 3.00. The fourth-order valence-electron chi connectivity index (χ4n) is 3.00. The van der Waals surface area contributed by atoms with Crippen LogP contribution in [0, 0.1) is 0 Å². The van der Waals surface area contributed by atoms with E-state index in [9.17, 15) is 14.4 Å². The van der Waals surface area contributed by atoms with Crippen molar-refractivity contribution in [2.24, 2.45) is 0 Å². The molecule has 1 radical (unpaired) electrons.